The fraction of sp³-hybridized carbons (Fsp3) is 1.00. The first-order valence-corrected chi connectivity index (χ1v) is 7.99. The minimum atomic E-state index is 0.345. The molecule has 0 saturated heterocycles. The summed E-state index contributed by atoms with van der Waals surface area (Å²) in [6, 6.07) is 0. The largest absolute Gasteiger partial charge is 0.0648 e. The topological polar surface area (TPSA) is 0 Å². The Balaban J connectivity index is 5.93. The van der Waals surface area contributed by atoms with Gasteiger partial charge in [0.15, 0.2) is 0 Å². The molecule has 0 spiro atoms. The van der Waals surface area contributed by atoms with Crippen LogP contribution in [0.5, 0.6) is 0 Å². The van der Waals surface area contributed by atoms with E-state index in [1.807, 2.05) is 0 Å². The molecule has 2 unspecified atom stereocenters. The average Bonchev–Trinajstić information content (AvgIpc) is 2.33. The van der Waals surface area contributed by atoms with Crippen LogP contribution in [0.2, 0.25) is 0 Å². The average molecular weight is 255 g/mol. The van der Waals surface area contributed by atoms with Crippen molar-refractivity contribution in [2.75, 3.05) is 0 Å². The second-order valence-corrected chi connectivity index (χ2v) is 7.89. The van der Waals surface area contributed by atoms with Gasteiger partial charge in [-0.05, 0) is 34.5 Å². The van der Waals surface area contributed by atoms with Gasteiger partial charge < -0.3 is 0 Å². The molecule has 0 heterocycles. The van der Waals surface area contributed by atoms with E-state index in [1.54, 1.807) is 0 Å². The molecule has 0 amide bonds. The lowest BCUT2D eigenvalue weighted by molar-refractivity contribution is -0.128. The maximum atomic E-state index is 2.55. The van der Waals surface area contributed by atoms with Gasteiger partial charge in [0.1, 0.15) is 0 Å². The van der Waals surface area contributed by atoms with Crippen molar-refractivity contribution in [2.24, 2.45) is 21.7 Å². The summed E-state index contributed by atoms with van der Waals surface area (Å²) in [5.41, 5.74) is 1.53. The predicted molar refractivity (Wildman–Crippen MR) is 84.9 cm³/mol. The zero-order chi connectivity index (χ0) is 14.8. The van der Waals surface area contributed by atoms with Crippen LogP contribution in [0.4, 0.5) is 0 Å². The van der Waals surface area contributed by atoms with Crippen molar-refractivity contribution in [1.29, 1.82) is 0 Å². The third-order valence-electron chi connectivity index (χ3n) is 7.18. The van der Waals surface area contributed by atoms with E-state index in [1.165, 1.54) is 25.7 Å². The molecule has 0 rings (SSSR count). The maximum absolute atomic E-state index is 2.55. The second kappa shape index (κ2) is 5.55. The third-order valence-corrected chi connectivity index (χ3v) is 7.18. The van der Waals surface area contributed by atoms with Gasteiger partial charge in [0, 0.05) is 0 Å². The van der Waals surface area contributed by atoms with Crippen molar-refractivity contribution in [2.45, 2.75) is 94.9 Å². The summed E-state index contributed by atoms with van der Waals surface area (Å²) in [4.78, 5) is 0. The SMILES string of the molecule is CCC(C)(CC)C(C)(CC)C(C)(CC)C(C)(C)C. The molecule has 0 N–H and O–H groups in total. The zero-order valence-corrected chi connectivity index (χ0v) is 14.8. The van der Waals surface area contributed by atoms with E-state index in [9.17, 15) is 0 Å². The van der Waals surface area contributed by atoms with E-state index >= 15 is 0 Å². The van der Waals surface area contributed by atoms with Crippen molar-refractivity contribution in [1.82, 2.24) is 0 Å². The van der Waals surface area contributed by atoms with E-state index in [4.69, 9.17) is 0 Å². The standard InChI is InChI=1S/C18H38/c1-11-16(8,12-2)18(10,14-4)17(9,13-3)15(5,6)7/h11-14H2,1-10H3. The highest BCUT2D eigenvalue weighted by Crippen LogP contribution is 2.64. The Labute approximate surface area is 117 Å². The Morgan fingerprint density at radius 3 is 1.00 bits per heavy atom. The van der Waals surface area contributed by atoms with Gasteiger partial charge in [-0.3, -0.25) is 0 Å². The first kappa shape index (κ1) is 18.0. The van der Waals surface area contributed by atoms with Crippen LogP contribution in [0.15, 0.2) is 0 Å². The molecule has 0 heteroatoms. The van der Waals surface area contributed by atoms with Gasteiger partial charge in [0.25, 0.3) is 0 Å². The highest BCUT2D eigenvalue weighted by molar-refractivity contribution is 5.05. The molecule has 0 bridgehead atoms. The highest BCUT2D eigenvalue weighted by Gasteiger charge is 2.56. The molecule has 0 aliphatic carbocycles. The number of hydrogen-bond donors (Lipinski definition) is 0. The number of rotatable bonds is 6. The van der Waals surface area contributed by atoms with Crippen LogP contribution in [0.25, 0.3) is 0 Å². The lowest BCUT2D eigenvalue weighted by Crippen LogP contribution is -2.54. The van der Waals surface area contributed by atoms with Crippen molar-refractivity contribution in [3.05, 3.63) is 0 Å². The summed E-state index contributed by atoms with van der Waals surface area (Å²) in [7, 11) is 0. The molecule has 0 radical (unpaired) electrons. The van der Waals surface area contributed by atoms with Gasteiger partial charge in [-0.25, -0.2) is 0 Å². The van der Waals surface area contributed by atoms with Gasteiger partial charge in [0.2, 0.25) is 0 Å². The van der Waals surface area contributed by atoms with Crippen LogP contribution < -0.4 is 0 Å². The van der Waals surface area contributed by atoms with Crippen LogP contribution in [0.3, 0.4) is 0 Å². The first-order chi connectivity index (χ1) is 7.99. The zero-order valence-electron chi connectivity index (χ0n) is 14.8. The van der Waals surface area contributed by atoms with E-state index in [0.29, 0.717) is 21.7 Å². The van der Waals surface area contributed by atoms with E-state index in [0.717, 1.165) is 0 Å². The van der Waals surface area contributed by atoms with Crippen molar-refractivity contribution < 1.29 is 0 Å². The van der Waals surface area contributed by atoms with Crippen LogP contribution in [0, 0.1) is 21.7 Å². The van der Waals surface area contributed by atoms with Crippen molar-refractivity contribution in [3.63, 3.8) is 0 Å². The fourth-order valence-corrected chi connectivity index (χ4v) is 4.26. The van der Waals surface area contributed by atoms with Gasteiger partial charge >= 0.3 is 0 Å². The summed E-state index contributed by atoms with van der Waals surface area (Å²) in [6.45, 7) is 24.4. The Morgan fingerprint density at radius 2 is 0.833 bits per heavy atom. The van der Waals surface area contributed by atoms with Gasteiger partial charge in [-0.2, -0.15) is 0 Å². The summed E-state index contributed by atoms with van der Waals surface area (Å²) >= 11 is 0. The predicted octanol–water partition coefficient (Wildman–Crippen LogP) is 6.69. The minimum Gasteiger partial charge on any atom is -0.0648 e. The quantitative estimate of drug-likeness (QED) is 0.495. The lowest BCUT2D eigenvalue weighted by Gasteiger charge is -2.62. The molecule has 18 heavy (non-hydrogen) atoms. The van der Waals surface area contributed by atoms with E-state index < -0.39 is 0 Å². The molecule has 0 aliphatic heterocycles. The Kier molecular flexibility index (Phi) is 5.55. The maximum Gasteiger partial charge on any atom is -0.0216 e. The molecule has 0 fully saturated rings. The minimum absolute atomic E-state index is 0.345. The van der Waals surface area contributed by atoms with Crippen LogP contribution >= 0.6 is 0 Å². The third kappa shape index (κ3) is 2.37. The molecule has 0 aromatic carbocycles. The Morgan fingerprint density at radius 1 is 0.500 bits per heavy atom. The summed E-state index contributed by atoms with van der Waals surface area (Å²) in [5, 5.41) is 0. The molecule has 2 atom stereocenters. The van der Waals surface area contributed by atoms with Crippen LogP contribution in [0.1, 0.15) is 94.9 Å². The molecule has 0 aromatic heterocycles. The summed E-state index contributed by atoms with van der Waals surface area (Å²) in [6.07, 6.45) is 5.09. The highest BCUT2D eigenvalue weighted by atomic mass is 14.6. The van der Waals surface area contributed by atoms with Crippen molar-refractivity contribution in [3.8, 4) is 0 Å². The molecule has 0 saturated carbocycles. The number of hydrogen-bond acceptors (Lipinski definition) is 0. The molecule has 0 aliphatic rings. The Hall–Kier alpha value is 0. The van der Waals surface area contributed by atoms with Gasteiger partial charge in [-0.15, -0.1) is 0 Å². The monoisotopic (exact) mass is 254 g/mol. The van der Waals surface area contributed by atoms with Gasteiger partial charge in [-0.1, -0.05) is 82.1 Å². The molecule has 110 valence electrons. The van der Waals surface area contributed by atoms with Crippen LogP contribution in [-0.2, 0) is 0 Å². The fourth-order valence-electron chi connectivity index (χ4n) is 4.26. The Bertz CT molecular complexity index is 254. The molecule has 0 nitrogen and oxygen atoms in total. The normalized spacial score (nSPS) is 20.3. The molecular weight excluding hydrogens is 216 g/mol. The smallest absolute Gasteiger partial charge is 0.0216 e. The summed E-state index contributed by atoms with van der Waals surface area (Å²) < 4.78 is 0. The van der Waals surface area contributed by atoms with Gasteiger partial charge in [0.05, 0.1) is 0 Å². The molecular formula is C18H38. The van der Waals surface area contributed by atoms with Crippen molar-refractivity contribution >= 4 is 0 Å². The summed E-state index contributed by atoms with van der Waals surface area (Å²) in [5.74, 6) is 0. The van der Waals surface area contributed by atoms with E-state index in [-0.39, 0.29) is 0 Å². The van der Waals surface area contributed by atoms with E-state index in [2.05, 4.69) is 69.2 Å². The van der Waals surface area contributed by atoms with Crippen LogP contribution in [-0.4, -0.2) is 0 Å². The molecule has 0 aromatic rings. The lowest BCUT2D eigenvalue weighted by atomic mass is 9.43. The second-order valence-electron chi connectivity index (χ2n) is 7.89. The first-order valence-electron chi connectivity index (χ1n) is 7.99.